The van der Waals surface area contributed by atoms with Gasteiger partial charge in [-0.15, -0.1) is 0 Å². The van der Waals surface area contributed by atoms with Crippen LogP contribution in [0.2, 0.25) is 10.0 Å². The summed E-state index contributed by atoms with van der Waals surface area (Å²) in [6.45, 7) is 1.42. The molecule has 3 nitrogen and oxygen atoms in total. The van der Waals surface area contributed by atoms with Crippen LogP contribution in [0.25, 0.3) is 6.08 Å². The molecule has 5 heteroatoms. The van der Waals surface area contributed by atoms with E-state index in [-0.39, 0.29) is 5.70 Å². The maximum Gasteiger partial charge on any atom is 0.243 e. The number of allylic oxidation sites excluding steroid dienone is 1. The third-order valence-corrected chi connectivity index (χ3v) is 2.35. The summed E-state index contributed by atoms with van der Waals surface area (Å²) < 4.78 is 0. The first-order valence-corrected chi connectivity index (χ1v) is 4.54. The van der Waals surface area contributed by atoms with Crippen molar-refractivity contribution in [2.75, 3.05) is 0 Å². The summed E-state index contributed by atoms with van der Waals surface area (Å²) in [6.07, 6.45) is 1.43. The van der Waals surface area contributed by atoms with Crippen LogP contribution in [0, 0.1) is 10.1 Å². The number of nitrogens with zero attached hydrogens (tertiary/aromatic N) is 1. The van der Waals surface area contributed by atoms with Crippen LogP contribution >= 0.6 is 23.2 Å². The fraction of sp³-hybridized carbons (Fsp3) is 0.111. The molecule has 0 saturated carbocycles. The number of nitro groups is 1. The number of benzene rings is 1. The molecule has 0 aliphatic carbocycles. The third-order valence-electron chi connectivity index (χ3n) is 1.61. The Morgan fingerprint density at radius 2 is 2.07 bits per heavy atom. The summed E-state index contributed by atoms with van der Waals surface area (Å²) in [5.41, 5.74) is 0.719. The zero-order chi connectivity index (χ0) is 10.7. The number of hydrogen-bond donors (Lipinski definition) is 0. The van der Waals surface area contributed by atoms with Gasteiger partial charge in [-0.1, -0.05) is 29.3 Å². The molecule has 0 unspecified atom stereocenters. The second-order valence-electron chi connectivity index (χ2n) is 2.72. The van der Waals surface area contributed by atoms with Crippen LogP contribution in [0.15, 0.2) is 23.9 Å². The van der Waals surface area contributed by atoms with E-state index in [0.29, 0.717) is 15.6 Å². The van der Waals surface area contributed by atoms with Crippen LogP contribution in [0.3, 0.4) is 0 Å². The van der Waals surface area contributed by atoms with Gasteiger partial charge in [-0.2, -0.15) is 0 Å². The highest BCUT2D eigenvalue weighted by Crippen LogP contribution is 2.23. The van der Waals surface area contributed by atoms with Crippen LogP contribution in [0.1, 0.15) is 12.5 Å². The van der Waals surface area contributed by atoms with E-state index < -0.39 is 4.92 Å². The van der Waals surface area contributed by atoms with E-state index >= 15 is 0 Å². The van der Waals surface area contributed by atoms with Crippen molar-refractivity contribution in [1.82, 2.24) is 0 Å². The molecule has 0 aromatic heterocycles. The minimum Gasteiger partial charge on any atom is -0.259 e. The molecule has 0 fully saturated rings. The quantitative estimate of drug-likeness (QED) is 0.577. The third kappa shape index (κ3) is 2.72. The molecule has 0 aliphatic heterocycles. The Kier molecular flexibility index (Phi) is 3.49. The first-order chi connectivity index (χ1) is 6.50. The van der Waals surface area contributed by atoms with Gasteiger partial charge in [0.25, 0.3) is 0 Å². The average molecular weight is 232 g/mol. The van der Waals surface area contributed by atoms with Crippen molar-refractivity contribution in [2.24, 2.45) is 0 Å². The summed E-state index contributed by atoms with van der Waals surface area (Å²) in [6, 6.07) is 4.85. The summed E-state index contributed by atoms with van der Waals surface area (Å²) in [7, 11) is 0. The molecule has 0 spiro atoms. The highest BCUT2D eigenvalue weighted by atomic mass is 35.5. The molecule has 0 radical (unpaired) electrons. The lowest BCUT2D eigenvalue weighted by Crippen LogP contribution is -1.92. The van der Waals surface area contributed by atoms with Crippen molar-refractivity contribution >= 4 is 29.3 Å². The summed E-state index contributed by atoms with van der Waals surface area (Å²) in [5.74, 6) is 0. The monoisotopic (exact) mass is 231 g/mol. The Morgan fingerprint density at radius 1 is 1.43 bits per heavy atom. The average Bonchev–Trinajstić information content (AvgIpc) is 2.11. The molecular formula is C9H7Cl2NO2. The fourth-order valence-electron chi connectivity index (χ4n) is 0.896. The van der Waals surface area contributed by atoms with Crippen molar-refractivity contribution in [1.29, 1.82) is 0 Å². The predicted molar refractivity (Wildman–Crippen MR) is 57.1 cm³/mol. The van der Waals surface area contributed by atoms with Gasteiger partial charge >= 0.3 is 0 Å². The van der Waals surface area contributed by atoms with Gasteiger partial charge in [0.1, 0.15) is 0 Å². The largest absolute Gasteiger partial charge is 0.259 e. The number of hydrogen-bond acceptors (Lipinski definition) is 2. The molecule has 1 aromatic rings. The van der Waals surface area contributed by atoms with Crippen LogP contribution < -0.4 is 0 Å². The Bertz CT molecular complexity index is 402. The van der Waals surface area contributed by atoms with Crippen molar-refractivity contribution < 1.29 is 4.92 Å². The number of halogens is 2. The maximum atomic E-state index is 10.3. The normalized spacial score (nSPS) is 11.5. The lowest BCUT2D eigenvalue weighted by Gasteiger charge is -1.97. The predicted octanol–water partition coefficient (Wildman–Crippen LogP) is 3.63. The van der Waals surface area contributed by atoms with Crippen LogP contribution in [-0.4, -0.2) is 4.92 Å². The number of rotatable bonds is 2. The highest BCUT2D eigenvalue weighted by Gasteiger charge is 2.03. The van der Waals surface area contributed by atoms with E-state index in [2.05, 4.69) is 0 Å². The maximum absolute atomic E-state index is 10.3. The molecule has 0 heterocycles. The van der Waals surface area contributed by atoms with Gasteiger partial charge < -0.3 is 0 Å². The summed E-state index contributed by atoms with van der Waals surface area (Å²) >= 11 is 11.4. The van der Waals surface area contributed by atoms with Gasteiger partial charge in [-0.3, -0.25) is 10.1 Å². The van der Waals surface area contributed by atoms with Gasteiger partial charge in [-0.05, 0) is 17.7 Å². The Labute approximate surface area is 91.1 Å². The molecule has 0 atom stereocenters. The van der Waals surface area contributed by atoms with E-state index in [1.807, 2.05) is 0 Å². The second-order valence-corrected chi connectivity index (χ2v) is 3.53. The molecule has 0 bridgehead atoms. The van der Waals surface area contributed by atoms with Crippen molar-refractivity contribution in [3.05, 3.63) is 49.6 Å². The molecule has 1 rings (SSSR count). The molecule has 74 valence electrons. The Hall–Kier alpha value is -1.06. The molecule has 0 amide bonds. The molecule has 0 saturated heterocycles. The van der Waals surface area contributed by atoms with E-state index in [1.165, 1.54) is 13.0 Å². The SMILES string of the molecule is C/C(=C/c1ccc(Cl)c(Cl)c1)[N+](=O)[O-]. The standard InChI is InChI=1S/C9H7Cl2NO2/c1-6(12(13)14)4-7-2-3-8(10)9(11)5-7/h2-5H,1H3/b6-4-. The zero-order valence-electron chi connectivity index (χ0n) is 7.33. The van der Waals surface area contributed by atoms with Gasteiger partial charge in [0, 0.05) is 13.0 Å². The molecule has 0 aliphatic rings. The fourth-order valence-corrected chi connectivity index (χ4v) is 1.20. The summed E-state index contributed by atoms with van der Waals surface area (Å²) in [5, 5.41) is 11.2. The Morgan fingerprint density at radius 3 is 2.57 bits per heavy atom. The molecule has 0 N–H and O–H groups in total. The van der Waals surface area contributed by atoms with E-state index in [0.717, 1.165) is 0 Å². The van der Waals surface area contributed by atoms with Gasteiger partial charge in [0.05, 0.1) is 15.0 Å². The Balaban J connectivity index is 3.04. The van der Waals surface area contributed by atoms with Gasteiger partial charge in [0.2, 0.25) is 5.70 Å². The van der Waals surface area contributed by atoms with Crippen LogP contribution in [0.5, 0.6) is 0 Å². The van der Waals surface area contributed by atoms with Crippen molar-refractivity contribution in [2.45, 2.75) is 6.92 Å². The lowest BCUT2D eigenvalue weighted by atomic mass is 10.2. The van der Waals surface area contributed by atoms with Crippen molar-refractivity contribution in [3.63, 3.8) is 0 Å². The smallest absolute Gasteiger partial charge is 0.243 e. The van der Waals surface area contributed by atoms with Gasteiger partial charge in [0.15, 0.2) is 0 Å². The zero-order valence-corrected chi connectivity index (χ0v) is 8.84. The van der Waals surface area contributed by atoms with Crippen LogP contribution in [0.4, 0.5) is 0 Å². The first-order valence-electron chi connectivity index (χ1n) is 3.78. The van der Waals surface area contributed by atoms with E-state index in [1.54, 1.807) is 18.2 Å². The minimum atomic E-state index is -0.456. The van der Waals surface area contributed by atoms with Gasteiger partial charge in [-0.25, -0.2) is 0 Å². The van der Waals surface area contributed by atoms with E-state index in [4.69, 9.17) is 23.2 Å². The van der Waals surface area contributed by atoms with Crippen molar-refractivity contribution in [3.8, 4) is 0 Å². The molecule has 1 aromatic carbocycles. The minimum absolute atomic E-state index is 0.0587. The van der Waals surface area contributed by atoms with Crippen LogP contribution in [-0.2, 0) is 0 Å². The molecular weight excluding hydrogens is 225 g/mol. The first kappa shape index (κ1) is 11.0. The topological polar surface area (TPSA) is 43.1 Å². The second kappa shape index (κ2) is 4.44. The van der Waals surface area contributed by atoms with E-state index in [9.17, 15) is 10.1 Å². The lowest BCUT2D eigenvalue weighted by molar-refractivity contribution is -0.422. The highest BCUT2D eigenvalue weighted by molar-refractivity contribution is 6.42. The summed E-state index contributed by atoms with van der Waals surface area (Å²) in [4.78, 5) is 9.88. The molecule has 14 heavy (non-hydrogen) atoms.